The first-order valence-electron chi connectivity index (χ1n) is 7.40. The van der Waals surface area contributed by atoms with E-state index in [2.05, 4.69) is 15.5 Å². The van der Waals surface area contributed by atoms with E-state index in [4.69, 9.17) is 28.3 Å². The molecule has 1 amide bonds. The van der Waals surface area contributed by atoms with Gasteiger partial charge in [0.2, 0.25) is 0 Å². The summed E-state index contributed by atoms with van der Waals surface area (Å²) >= 11 is 12.3. The molecule has 0 radical (unpaired) electrons. The van der Waals surface area contributed by atoms with Crippen LogP contribution in [0.15, 0.2) is 36.7 Å². The van der Waals surface area contributed by atoms with Gasteiger partial charge in [0.05, 0.1) is 12.7 Å². The quantitative estimate of drug-likeness (QED) is 0.693. The van der Waals surface area contributed by atoms with Gasteiger partial charge in [0.15, 0.2) is 5.82 Å². The Labute approximate surface area is 157 Å². The molecule has 0 bridgehead atoms. The molecule has 0 unspecified atom stereocenters. The third kappa shape index (κ3) is 3.56. The first-order valence-corrected chi connectivity index (χ1v) is 8.15. The first kappa shape index (κ1) is 18.0. The number of hydrogen-bond donors (Lipinski definition) is 2. The van der Waals surface area contributed by atoms with Crippen LogP contribution in [0.4, 0.5) is 5.82 Å². The van der Waals surface area contributed by atoms with Crippen molar-refractivity contribution in [3.63, 3.8) is 0 Å². The number of benzene rings is 1. The molecule has 3 rings (SSSR count). The molecule has 0 saturated heterocycles. The Morgan fingerprint density at radius 3 is 2.58 bits per heavy atom. The average molecular weight is 394 g/mol. The van der Waals surface area contributed by atoms with E-state index < -0.39 is 11.9 Å². The van der Waals surface area contributed by atoms with Crippen molar-refractivity contribution < 1.29 is 14.7 Å². The summed E-state index contributed by atoms with van der Waals surface area (Å²) < 4.78 is 2.75. The lowest BCUT2D eigenvalue weighted by Crippen LogP contribution is -2.19. The van der Waals surface area contributed by atoms with Crippen molar-refractivity contribution in [3.05, 3.63) is 63.5 Å². The van der Waals surface area contributed by atoms with E-state index in [1.54, 1.807) is 35.1 Å². The number of hydrogen-bond acceptors (Lipinski definition) is 4. The van der Waals surface area contributed by atoms with Gasteiger partial charge in [-0.3, -0.25) is 14.2 Å². The maximum absolute atomic E-state index is 12.4. The largest absolute Gasteiger partial charge is 0.478 e. The highest BCUT2D eigenvalue weighted by molar-refractivity contribution is 6.35. The molecule has 0 atom stereocenters. The van der Waals surface area contributed by atoms with Crippen molar-refractivity contribution >= 4 is 40.9 Å². The summed E-state index contributed by atoms with van der Waals surface area (Å²) in [5.74, 6) is -1.60. The Kier molecular flexibility index (Phi) is 4.97. The van der Waals surface area contributed by atoms with Gasteiger partial charge in [-0.15, -0.1) is 0 Å². The summed E-state index contributed by atoms with van der Waals surface area (Å²) in [7, 11) is 1.49. The predicted molar refractivity (Wildman–Crippen MR) is 95.9 cm³/mol. The molecular weight excluding hydrogens is 381 g/mol. The topological polar surface area (TPSA) is 102 Å². The van der Waals surface area contributed by atoms with Gasteiger partial charge in [0.1, 0.15) is 11.3 Å². The molecule has 26 heavy (non-hydrogen) atoms. The van der Waals surface area contributed by atoms with Crippen LogP contribution in [-0.4, -0.2) is 36.5 Å². The van der Waals surface area contributed by atoms with Gasteiger partial charge in [-0.05, 0) is 12.1 Å². The molecule has 10 heteroatoms. The van der Waals surface area contributed by atoms with Crippen molar-refractivity contribution in [1.82, 2.24) is 19.6 Å². The highest BCUT2D eigenvalue weighted by Gasteiger charge is 2.22. The Bertz CT molecular complexity index is 975. The molecule has 0 fully saturated rings. The number of aryl methyl sites for hydroxylation is 1. The third-order valence-corrected chi connectivity index (χ3v) is 4.36. The van der Waals surface area contributed by atoms with Gasteiger partial charge in [-0.1, -0.05) is 29.3 Å². The molecule has 2 heterocycles. The zero-order chi connectivity index (χ0) is 18.8. The number of nitrogens with zero attached hydrogens (tertiary/aromatic N) is 4. The molecule has 2 aromatic heterocycles. The highest BCUT2D eigenvalue weighted by Crippen LogP contribution is 2.25. The van der Waals surface area contributed by atoms with E-state index in [0.29, 0.717) is 22.2 Å². The summed E-state index contributed by atoms with van der Waals surface area (Å²) in [5, 5.41) is 20.8. The molecule has 2 N–H and O–H groups in total. The first-order chi connectivity index (χ1) is 12.4. The Balaban J connectivity index is 1.78. The Morgan fingerprint density at radius 1 is 1.23 bits per heavy atom. The number of carbonyl (C=O) groups is 2. The summed E-state index contributed by atoms with van der Waals surface area (Å²) in [6.45, 7) is 0.320. The average Bonchev–Trinajstić information content (AvgIpc) is 3.17. The lowest BCUT2D eigenvalue weighted by Gasteiger charge is -2.07. The Morgan fingerprint density at radius 2 is 1.92 bits per heavy atom. The minimum absolute atomic E-state index is 0.0683. The number of carboxylic acid groups (broad SMARTS) is 1. The van der Waals surface area contributed by atoms with Crippen LogP contribution in [-0.2, 0) is 13.6 Å². The number of carboxylic acids is 1. The number of nitrogens with one attached hydrogen (secondary N) is 1. The van der Waals surface area contributed by atoms with Crippen molar-refractivity contribution in [3.8, 4) is 0 Å². The monoisotopic (exact) mass is 393 g/mol. The van der Waals surface area contributed by atoms with E-state index in [9.17, 15) is 9.59 Å². The summed E-state index contributed by atoms with van der Waals surface area (Å²) in [4.78, 5) is 23.6. The molecule has 0 spiro atoms. The smallest absolute Gasteiger partial charge is 0.339 e. The van der Waals surface area contributed by atoms with E-state index in [0.717, 1.165) is 6.20 Å². The maximum Gasteiger partial charge on any atom is 0.339 e. The number of amides is 1. The maximum atomic E-state index is 12.4. The Hall–Kier alpha value is -2.84. The van der Waals surface area contributed by atoms with Gasteiger partial charge in [-0.2, -0.15) is 10.2 Å². The van der Waals surface area contributed by atoms with Crippen LogP contribution in [0.5, 0.6) is 0 Å². The molecule has 3 aromatic rings. The fourth-order valence-electron chi connectivity index (χ4n) is 2.40. The number of anilines is 1. The third-order valence-electron chi connectivity index (χ3n) is 3.65. The second kappa shape index (κ2) is 7.19. The number of halogens is 2. The van der Waals surface area contributed by atoms with E-state index in [1.807, 2.05) is 0 Å². The fourth-order valence-corrected chi connectivity index (χ4v) is 2.92. The molecular formula is C16H13Cl2N5O3. The van der Waals surface area contributed by atoms with Crippen molar-refractivity contribution in [2.24, 2.45) is 7.05 Å². The molecule has 0 aliphatic heterocycles. The van der Waals surface area contributed by atoms with Crippen LogP contribution in [0, 0.1) is 0 Å². The normalized spacial score (nSPS) is 10.7. The lowest BCUT2D eigenvalue weighted by molar-refractivity contribution is 0.0692. The molecule has 134 valence electrons. The summed E-state index contributed by atoms with van der Waals surface area (Å²) in [6, 6.07) is 6.78. The van der Waals surface area contributed by atoms with Crippen molar-refractivity contribution in [2.75, 3.05) is 5.32 Å². The second-order valence-electron chi connectivity index (χ2n) is 5.39. The van der Waals surface area contributed by atoms with Crippen LogP contribution >= 0.6 is 23.2 Å². The molecule has 0 aliphatic rings. The molecule has 0 aliphatic carbocycles. The summed E-state index contributed by atoms with van der Waals surface area (Å²) in [6.07, 6.45) is 2.77. The zero-order valence-electron chi connectivity index (χ0n) is 13.5. The molecule has 1 aromatic carbocycles. The highest BCUT2D eigenvalue weighted by atomic mass is 35.5. The van der Waals surface area contributed by atoms with Crippen LogP contribution in [0.25, 0.3) is 0 Å². The van der Waals surface area contributed by atoms with Crippen LogP contribution in [0.3, 0.4) is 0 Å². The molecule has 0 saturated carbocycles. The minimum atomic E-state index is -1.23. The number of carbonyl (C=O) groups excluding carboxylic acids is 1. The van der Waals surface area contributed by atoms with Crippen molar-refractivity contribution in [2.45, 2.75) is 6.54 Å². The van der Waals surface area contributed by atoms with Gasteiger partial charge in [-0.25, -0.2) is 4.79 Å². The van der Waals surface area contributed by atoms with Gasteiger partial charge in [0, 0.05) is 34.9 Å². The number of aromatic carboxylic acids is 1. The van der Waals surface area contributed by atoms with E-state index in [1.165, 1.54) is 11.7 Å². The van der Waals surface area contributed by atoms with Crippen molar-refractivity contribution in [1.29, 1.82) is 0 Å². The molecule has 8 nitrogen and oxygen atoms in total. The van der Waals surface area contributed by atoms with Gasteiger partial charge in [0.25, 0.3) is 5.91 Å². The standard InChI is InChI=1S/C16H13Cl2N5O3/c1-22-14(9(7-19-22)16(25)26)15(24)20-13-5-6-23(21-13)8-10-11(17)3-2-4-12(10)18/h2-7H,8H2,1H3,(H,25,26)(H,20,21,24). The summed E-state index contributed by atoms with van der Waals surface area (Å²) in [5.41, 5.74) is 0.449. The lowest BCUT2D eigenvalue weighted by atomic mass is 10.2. The second-order valence-corrected chi connectivity index (χ2v) is 6.20. The van der Waals surface area contributed by atoms with Gasteiger partial charge < -0.3 is 10.4 Å². The predicted octanol–water partition coefficient (Wildman–Crippen LogP) is 2.92. The zero-order valence-corrected chi connectivity index (χ0v) is 15.0. The van der Waals surface area contributed by atoms with E-state index in [-0.39, 0.29) is 17.1 Å². The van der Waals surface area contributed by atoms with Crippen LogP contribution < -0.4 is 5.32 Å². The number of rotatable bonds is 5. The SMILES string of the molecule is Cn1ncc(C(=O)O)c1C(=O)Nc1ccn(Cc2c(Cl)cccc2Cl)n1. The minimum Gasteiger partial charge on any atom is -0.478 e. The fraction of sp³-hybridized carbons (Fsp3) is 0.125. The van der Waals surface area contributed by atoms with Crippen LogP contribution in [0.1, 0.15) is 26.4 Å². The van der Waals surface area contributed by atoms with Crippen LogP contribution in [0.2, 0.25) is 10.0 Å². The number of aromatic nitrogens is 4. The van der Waals surface area contributed by atoms with E-state index >= 15 is 0 Å². The van der Waals surface area contributed by atoms with Gasteiger partial charge >= 0.3 is 5.97 Å².